The first-order valence-corrected chi connectivity index (χ1v) is 16.5. The molecule has 8 aromatic carbocycles. The van der Waals surface area contributed by atoms with E-state index in [1.54, 1.807) is 0 Å². The number of benzene rings is 8. The highest BCUT2D eigenvalue weighted by molar-refractivity contribution is 6.25. The Bertz CT molecular complexity index is 2480. The number of hydrogen-bond acceptors (Lipinski definition) is 1. The molecule has 8 aromatic rings. The molecule has 0 radical (unpaired) electrons. The average Bonchev–Trinajstić information content (AvgIpc) is 3.34. The highest BCUT2D eigenvalue weighted by Crippen LogP contribution is 2.51. The molecule has 1 aliphatic carbocycles. The molecule has 0 fully saturated rings. The van der Waals surface area contributed by atoms with Crippen molar-refractivity contribution in [3.05, 3.63) is 168 Å². The summed E-state index contributed by atoms with van der Waals surface area (Å²) in [7, 11) is 0. The van der Waals surface area contributed by atoms with Gasteiger partial charge in [-0.25, -0.2) is 0 Å². The lowest BCUT2D eigenvalue weighted by Crippen LogP contribution is -2.15. The second-order valence-corrected chi connectivity index (χ2v) is 13.5. The predicted molar refractivity (Wildman–Crippen MR) is 202 cm³/mol. The minimum atomic E-state index is -0.0276. The Morgan fingerprint density at radius 1 is 0.404 bits per heavy atom. The quantitative estimate of drug-likeness (QED) is 0.198. The van der Waals surface area contributed by atoms with Crippen LogP contribution in [0.2, 0.25) is 0 Å². The molecule has 224 valence electrons. The normalized spacial score (nSPS) is 13.2. The summed E-state index contributed by atoms with van der Waals surface area (Å²) >= 11 is 0. The van der Waals surface area contributed by atoms with Crippen molar-refractivity contribution >= 4 is 43.7 Å². The zero-order chi connectivity index (χ0) is 31.7. The van der Waals surface area contributed by atoms with Gasteiger partial charge in [0, 0.05) is 22.4 Å². The van der Waals surface area contributed by atoms with Crippen LogP contribution in [0.15, 0.2) is 152 Å². The van der Waals surface area contributed by atoms with Gasteiger partial charge in [0.1, 0.15) is 0 Å². The average molecular weight is 602 g/mol. The summed E-state index contributed by atoms with van der Waals surface area (Å²) in [6.45, 7) is 6.97. The van der Waals surface area contributed by atoms with Gasteiger partial charge < -0.3 is 5.32 Å². The van der Waals surface area contributed by atoms with E-state index in [0.29, 0.717) is 0 Å². The van der Waals surface area contributed by atoms with Gasteiger partial charge in [-0.1, -0.05) is 135 Å². The Morgan fingerprint density at radius 2 is 1.02 bits per heavy atom. The summed E-state index contributed by atoms with van der Waals surface area (Å²) in [5, 5.41) is 11.6. The largest absolute Gasteiger partial charge is 0.355 e. The van der Waals surface area contributed by atoms with Crippen LogP contribution in [-0.2, 0) is 5.41 Å². The predicted octanol–water partition coefficient (Wildman–Crippen LogP) is 12.8. The van der Waals surface area contributed by atoms with E-state index >= 15 is 0 Å². The van der Waals surface area contributed by atoms with Crippen molar-refractivity contribution in [1.29, 1.82) is 0 Å². The van der Waals surface area contributed by atoms with Crippen LogP contribution in [0.1, 0.15) is 30.5 Å². The first-order valence-electron chi connectivity index (χ1n) is 16.5. The monoisotopic (exact) mass is 601 g/mol. The summed E-state index contributed by atoms with van der Waals surface area (Å²) in [4.78, 5) is 0. The zero-order valence-electron chi connectivity index (χ0n) is 26.9. The molecule has 47 heavy (non-hydrogen) atoms. The van der Waals surface area contributed by atoms with Gasteiger partial charge >= 0.3 is 0 Å². The van der Waals surface area contributed by atoms with E-state index in [2.05, 4.69) is 178 Å². The van der Waals surface area contributed by atoms with E-state index in [0.717, 1.165) is 11.4 Å². The van der Waals surface area contributed by atoms with E-state index in [4.69, 9.17) is 0 Å². The van der Waals surface area contributed by atoms with E-state index in [1.807, 2.05) is 0 Å². The second kappa shape index (κ2) is 10.4. The van der Waals surface area contributed by atoms with Gasteiger partial charge in [0.2, 0.25) is 0 Å². The highest BCUT2D eigenvalue weighted by Gasteiger charge is 2.35. The fourth-order valence-corrected chi connectivity index (χ4v) is 7.97. The van der Waals surface area contributed by atoms with Crippen molar-refractivity contribution in [3.8, 4) is 33.4 Å². The molecule has 9 rings (SSSR count). The number of aryl methyl sites for hydroxylation is 1. The Kier molecular flexibility index (Phi) is 6.14. The topological polar surface area (TPSA) is 12.0 Å². The van der Waals surface area contributed by atoms with Crippen LogP contribution in [0, 0.1) is 6.92 Å². The van der Waals surface area contributed by atoms with Gasteiger partial charge in [0.05, 0.1) is 0 Å². The molecule has 1 nitrogen and oxygen atoms in total. The SMILES string of the molecule is Cc1cc2c(cc1-c1cc(-c3ccccc3)ccc1Nc1ccc3c4ccccc4c4ccccc4c3c1)-c1ccccc1C2(C)C. The Hall–Kier alpha value is -5.66. The highest BCUT2D eigenvalue weighted by atomic mass is 14.9. The Labute approximate surface area is 276 Å². The fourth-order valence-electron chi connectivity index (χ4n) is 7.97. The van der Waals surface area contributed by atoms with Crippen LogP contribution in [0.4, 0.5) is 11.4 Å². The molecule has 0 amide bonds. The third-order valence-corrected chi connectivity index (χ3v) is 10.4. The van der Waals surface area contributed by atoms with Crippen LogP contribution in [-0.4, -0.2) is 0 Å². The number of nitrogens with one attached hydrogen (secondary N) is 1. The maximum Gasteiger partial charge on any atom is 0.0464 e. The summed E-state index contributed by atoms with van der Waals surface area (Å²) in [5.74, 6) is 0. The Balaban J connectivity index is 1.24. The smallest absolute Gasteiger partial charge is 0.0464 e. The van der Waals surface area contributed by atoms with Gasteiger partial charge in [-0.15, -0.1) is 0 Å². The molecule has 0 unspecified atom stereocenters. The van der Waals surface area contributed by atoms with Gasteiger partial charge in [-0.05, 0) is 114 Å². The zero-order valence-corrected chi connectivity index (χ0v) is 26.9. The van der Waals surface area contributed by atoms with Crippen molar-refractivity contribution in [2.75, 3.05) is 5.32 Å². The second-order valence-electron chi connectivity index (χ2n) is 13.5. The van der Waals surface area contributed by atoms with E-state index in [9.17, 15) is 0 Å². The van der Waals surface area contributed by atoms with Gasteiger partial charge in [-0.2, -0.15) is 0 Å². The Morgan fingerprint density at radius 3 is 1.74 bits per heavy atom. The minimum Gasteiger partial charge on any atom is -0.355 e. The lowest BCUT2D eigenvalue weighted by Gasteiger charge is -2.23. The third-order valence-electron chi connectivity index (χ3n) is 10.4. The van der Waals surface area contributed by atoms with Crippen LogP contribution in [0.3, 0.4) is 0 Å². The summed E-state index contributed by atoms with van der Waals surface area (Å²) < 4.78 is 0. The van der Waals surface area contributed by atoms with Crippen molar-refractivity contribution < 1.29 is 0 Å². The molecule has 0 saturated heterocycles. The standard InChI is InChI=1S/C46H35N/c1-29-25-44-41(38-19-11-12-20-43(38)46(44,2)3)28-39(29)42-26-31(30-13-5-4-6-14-30)21-24-45(42)47-32-22-23-37-35-17-8-7-15-33(35)34-16-9-10-18-36(34)40(37)27-32/h4-28,47H,1-3H3. The molecule has 0 saturated carbocycles. The van der Waals surface area contributed by atoms with Crippen LogP contribution in [0.25, 0.3) is 65.7 Å². The van der Waals surface area contributed by atoms with Crippen LogP contribution < -0.4 is 5.32 Å². The van der Waals surface area contributed by atoms with E-state index < -0.39 is 0 Å². The molecular formula is C46H35N. The van der Waals surface area contributed by atoms with Gasteiger partial charge in [0.15, 0.2) is 0 Å². The molecule has 0 bridgehead atoms. The molecule has 1 heteroatoms. The molecule has 0 aliphatic heterocycles. The lowest BCUT2D eigenvalue weighted by atomic mass is 9.81. The first kappa shape index (κ1) is 27.6. The molecule has 1 aliphatic rings. The summed E-state index contributed by atoms with van der Waals surface area (Å²) in [6.07, 6.45) is 0. The molecule has 1 N–H and O–H groups in total. The van der Waals surface area contributed by atoms with E-state index in [-0.39, 0.29) is 5.41 Å². The van der Waals surface area contributed by atoms with E-state index in [1.165, 1.54) is 82.4 Å². The fraction of sp³-hybridized carbons (Fsp3) is 0.0870. The number of hydrogen-bond donors (Lipinski definition) is 1. The van der Waals surface area contributed by atoms with Gasteiger partial charge in [0.25, 0.3) is 0 Å². The molecule has 0 aromatic heterocycles. The van der Waals surface area contributed by atoms with Crippen molar-refractivity contribution in [1.82, 2.24) is 0 Å². The summed E-state index contributed by atoms with van der Waals surface area (Å²) in [6, 6.07) is 55.7. The maximum absolute atomic E-state index is 3.88. The molecular weight excluding hydrogens is 567 g/mol. The van der Waals surface area contributed by atoms with Crippen LogP contribution >= 0.6 is 0 Å². The van der Waals surface area contributed by atoms with Crippen molar-refractivity contribution in [2.45, 2.75) is 26.2 Å². The molecule has 0 spiro atoms. The first-order chi connectivity index (χ1) is 23.0. The molecule has 0 heterocycles. The minimum absolute atomic E-state index is 0.0276. The third kappa shape index (κ3) is 4.31. The van der Waals surface area contributed by atoms with Crippen LogP contribution in [0.5, 0.6) is 0 Å². The number of anilines is 2. The van der Waals surface area contributed by atoms with Crippen molar-refractivity contribution in [3.63, 3.8) is 0 Å². The van der Waals surface area contributed by atoms with Crippen molar-refractivity contribution in [2.24, 2.45) is 0 Å². The lowest BCUT2D eigenvalue weighted by molar-refractivity contribution is 0.660. The summed E-state index contributed by atoms with van der Waals surface area (Å²) in [5.41, 5.74) is 13.8. The molecule has 0 atom stereocenters. The van der Waals surface area contributed by atoms with Gasteiger partial charge in [-0.3, -0.25) is 0 Å². The number of rotatable bonds is 4. The number of fused-ring (bicyclic) bond motifs is 9. The maximum atomic E-state index is 3.88.